The van der Waals surface area contributed by atoms with Crippen molar-refractivity contribution in [2.75, 3.05) is 20.3 Å². The smallest absolute Gasteiger partial charge is 0.138 e. The quantitative estimate of drug-likeness (QED) is 0.736. The number of benzene rings is 1. The summed E-state index contributed by atoms with van der Waals surface area (Å²) < 4.78 is 10.7. The SMILES string of the molecule is CCC(C)Oc1ccc(CNCCOC)cc1Cl. The summed E-state index contributed by atoms with van der Waals surface area (Å²) in [5, 5.41) is 3.94. The Bertz CT molecular complexity index is 358. The second kappa shape index (κ2) is 8.35. The second-order valence-electron chi connectivity index (χ2n) is 4.27. The number of methoxy groups -OCH3 is 1. The van der Waals surface area contributed by atoms with Gasteiger partial charge in [0.25, 0.3) is 0 Å². The van der Waals surface area contributed by atoms with E-state index in [-0.39, 0.29) is 6.10 Å². The van der Waals surface area contributed by atoms with Gasteiger partial charge in [-0.15, -0.1) is 0 Å². The highest BCUT2D eigenvalue weighted by Crippen LogP contribution is 2.26. The minimum Gasteiger partial charge on any atom is -0.489 e. The molecule has 1 unspecified atom stereocenters. The average Bonchev–Trinajstić information content (AvgIpc) is 2.37. The third-order valence-corrected chi connectivity index (χ3v) is 3.01. The van der Waals surface area contributed by atoms with Crippen LogP contribution in [0.1, 0.15) is 25.8 Å². The fraction of sp³-hybridized carbons (Fsp3) is 0.571. The standard InChI is InChI=1S/C14H22ClNO2/c1-4-11(2)18-14-6-5-12(9-13(14)15)10-16-7-8-17-3/h5-6,9,11,16H,4,7-8,10H2,1-3H3. The maximum Gasteiger partial charge on any atom is 0.138 e. The Morgan fingerprint density at radius 1 is 1.39 bits per heavy atom. The first-order chi connectivity index (χ1) is 8.67. The molecule has 1 aromatic rings. The molecule has 0 fully saturated rings. The molecule has 0 aliphatic heterocycles. The van der Waals surface area contributed by atoms with Crippen molar-refractivity contribution in [3.8, 4) is 5.75 Å². The van der Waals surface area contributed by atoms with Gasteiger partial charge in [0.05, 0.1) is 17.7 Å². The minimum atomic E-state index is 0.188. The summed E-state index contributed by atoms with van der Waals surface area (Å²) in [6.07, 6.45) is 1.16. The molecule has 0 aromatic heterocycles. The second-order valence-corrected chi connectivity index (χ2v) is 4.68. The Morgan fingerprint density at radius 2 is 2.17 bits per heavy atom. The molecule has 0 saturated carbocycles. The van der Waals surface area contributed by atoms with E-state index < -0.39 is 0 Å². The van der Waals surface area contributed by atoms with Crippen molar-refractivity contribution in [3.63, 3.8) is 0 Å². The third-order valence-electron chi connectivity index (χ3n) is 2.71. The van der Waals surface area contributed by atoms with Crippen LogP contribution in [-0.2, 0) is 11.3 Å². The van der Waals surface area contributed by atoms with Crippen LogP contribution >= 0.6 is 11.6 Å². The van der Waals surface area contributed by atoms with Crippen LogP contribution in [-0.4, -0.2) is 26.4 Å². The minimum absolute atomic E-state index is 0.188. The number of hydrogen-bond acceptors (Lipinski definition) is 3. The molecule has 0 saturated heterocycles. The van der Waals surface area contributed by atoms with Crippen molar-refractivity contribution >= 4 is 11.6 Å². The van der Waals surface area contributed by atoms with E-state index in [4.69, 9.17) is 21.1 Å². The van der Waals surface area contributed by atoms with Crippen molar-refractivity contribution < 1.29 is 9.47 Å². The lowest BCUT2D eigenvalue weighted by atomic mass is 10.2. The van der Waals surface area contributed by atoms with Crippen molar-refractivity contribution in [1.82, 2.24) is 5.32 Å². The summed E-state index contributed by atoms with van der Waals surface area (Å²) in [5.41, 5.74) is 1.15. The molecule has 0 aliphatic rings. The molecule has 0 aliphatic carbocycles. The fourth-order valence-corrected chi connectivity index (χ4v) is 1.70. The number of nitrogens with one attached hydrogen (secondary N) is 1. The third kappa shape index (κ3) is 5.25. The van der Waals surface area contributed by atoms with Crippen LogP contribution in [0.5, 0.6) is 5.75 Å². The molecule has 0 radical (unpaired) electrons. The number of halogens is 1. The van der Waals surface area contributed by atoms with Crippen LogP contribution < -0.4 is 10.1 Å². The maximum absolute atomic E-state index is 6.19. The Kier molecular flexibility index (Phi) is 7.09. The van der Waals surface area contributed by atoms with Gasteiger partial charge < -0.3 is 14.8 Å². The van der Waals surface area contributed by atoms with Crippen LogP contribution in [0, 0.1) is 0 Å². The molecule has 0 spiro atoms. The molecule has 18 heavy (non-hydrogen) atoms. The monoisotopic (exact) mass is 271 g/mol. The average molecular weight is 272 g/mol. The van der Waals surface area contributed by atoms with Crippen LogP contribution in [0.3, 0.4) is 0 Å². The van der Waals surface area contributed by atoms with Crippen molar-refractivity contribution in [2.45, 2.75) is 32.9 Å². The number of ether oxygens (including phenoxy) is 2. The molecule has 0 bridgehead atoms. The Hall–Kier alpha value is -0.770. The normalized spacial score (nSPS) is 12.4. The van der Waals surface area contributed by atoms with Gasteiger partial charge >= 0.3 is 0 Å². The Labute approximate surface area is 114 Å². The molecule has 4 heteroatoms. The predicted molar refractivity (Wildman–Crippen MR) is 75.4 cm³/mol. The first kappa shape index (κ1) is 15.3. The summed E-state index contributed by atoms with van der Waals surface area (Å²) in [7, 11) is 1.69. The van der Waals surface area contributed by atoms with Crippen molar-refractivity contribution in [1.29, 1.82) is 0 Å². The molecule has 1 aromatic carbocycles. The highest BCUT2D eigenvalue weighted by molar-refractivity contribution is 6.32. The van der Waals surface area contributed by atoms with Crippen LogP contribution in [0.2, 0.25) is 5.02 Å². The molecular weight excluding hydrogens is 250 g/mol. The van der Waals surface area contributed by atoms with Crippen LogP contribution in [0.15, 0.2) is 18.2 Å². The topological polar surface area (TPSA) is 30.5 Å². The lowest BCUT2D eigenvalue weighted by Crippen LogP contribution is -2.18. The molecule has 102 valence electrons. The zero-order valence-corrected chi connectivity index (χ0v) is 12.1. The molecule has 1 atom stereocenters. The van der Waals surface area contributed by atoms with Gasteiger partial charge in [-0.1, -0.05) is 24.6 Å². The van der Waals surface area contributed by atoms with Gasteiger partial charge in [-0.25, -0.2) is 0 Å². The number of rotatable bonds is 8. The summed E-state index contributed by atoms with van der Waals surface area (Å²) in [4.78, 5) is 0. The van der Waals surface area contributed by atoms with E-state index >= 15 is 0 Å². The highest BCUT2D eigenvalue weighted by atomic mass is 35.5. The molecule has 1 rings (SSSR count). The van der Waals surface area contributed by atoms with E-state index in [2.05, 4.69) is 12.2 Å². The van der Waals surface area contributed by atoms with Gasteiger partial charge in [0.2, 0.25) is 0 Å². The molecule has 0 heterocycles. The van der Waals surface area contributed by atoms with E-state index in [1.807, 2.05) is 25.1 Å². The lowest BCUT2D eigenvalue weighted by Gasteiger charge is -2.14. The zero-order valence-electron chi connectivity index (χ0n) is 11.3. The van der Waals surface area contributed by atoms with Crippen molar-refractivity contribution in [2.24, 2.45) is 0 Å². The van der Waals surface area contributed by atoms with Crippen LogP contribution in [0.4, 0.5) is 0 Å². The van der Waals surface area contributed by atoms with Gasteiger partial charge in [-0.3, -0.25) is 0 Å². The highest BCUT2D eigenvalue weighted by Gasteiger charge is 2.06. The Morgan fingerprint density at radius 3 is 2.78 bits per heavy atom. The van der Waals surface area contributed by atoms with Gasteiger partial charge in [-0.05, 0) is 31.0 Å². The molecular formula is C14H22ClNO2. The summed E-state index contributed by atoms with van der Waals surface area (Å²) >= 11 is 6.19. The maximum atomic E-state index is 6.19. The van der Waals surface area contributed by atoms with E-state index in [0.29, 0.717) is 11.6 Å². The Balaban J connectivity index is 2.51. The molecule has 1 N–H and O–H groups in total. The van der Waals surface area contributed by atoms with E-state index in [1.165, 1.54) is 0 Å². The number of hydrogen-bond donors (Lipinski definition) is 1. The van der Waals surface area contributed by atoms with Gasteiger partial charge in [0, 0.05) is 20.2 Å². The van der Waals surface area contributed by atoms with Gasteiger partial charge in [0.15, 0.2) is 0 Å². The zero-order chi connectivity index (χ0) is 13.4. The largest absolute Gasteiger partial charge is 0.489 e. The van der Waals surface area contributed by atoms with Crippen molar-refractivity contribution in [3.05, 3.63) is 28.8 Å². The first-order valence-corrected chi connectivity index (χ1v) is 6.70. The summed E-state index contributed by atoms with van der Waals surface area (Å²) in [5.74, 6) is 0.756. The fourth-order valence-electron chi connectivity index (χ4n) is 1.46. The first-order valence-electron chi connectivity index (χ1n) is 6.32. The van der Waals surface area contributed by atoms with E-state index in [1.54, 1.807) is 7.11 Å². The van der Waals surface area contributed by atoms with Crippen LogP contribution in [0.25, 0.3) is 0 Å². The lowest BCUT2D eigenvalue weighted by molar-refractivity contribution is 0.199. The molecule has 3 nitrogen and oxygen atoms in total. The summed E-state index contributed by atoms with van der Waals surface area (Å²) in [6, 6.07) is 5.91. The summed E-state index contributed by atoms with van der Waals surface area (Å²) in [6.45, 7) is 6.46. The van der Waals surface area contributed by atoms with E-state index in [9.17, 15) is 0 Å². The van der Waals surface area contributed by atoms with E-state index in [0.717, 1.165) is 30.8 Å². The van der Waals surface area contributed by atoms with Gasteiger partial charge in [-0.2, -0.15) is 0 Å². The predicted octanol–water partition coefficient (Wildman–Crippen LogP) is 3.25. The van der Waals surface area contributed by atoms with Gasteiger partial charge in [0.1, 0.15) is 5.75 Å². The molecule has 0 amide bonds.